The fraction of sp³-hybridized carbons (Fsp3) is 0. The van der Waals surface area contributed by atoms with Crippen molar-refractivity contribution in [3.8, 4) is 0 Å². The molecule has 3 N–H and O–H groups in total. The predicted molar refractivity (Wildman–Crippen MR) is 91.0 cm³/mol. The largest absolute Gasteiger partial charge is 0.384 e. The van der Waals surface area contributed by atoms with Crippen LogP contribution in [0.5, 0.6) is 0 Å². The summed E-state index contributed by atoms with van der Waals surface area (Å²) in [6, 6.07) is 17.7. The molecule has 3 rings (SSSR count). The van der Waals surface area contributed by atoms with Crippen molar-refractivity contribution in [1.29, 1.82) is 5.41 Å². The standard InChI is InChI=1S/C16H12BrN3S/c17-11-5-3-6-12(9-11)21-16-13(15(18)19)8-10-4-1-2-7-14(10)20-16/h1-9H,(H3,18,19). The average Bonchev–Trinajstić information content (AvgIpc) is 2.46. The number of nitrogens with zero attached hydrogens (tertiary/aromatic N) is 1. The average molecular weight is 358 g/mol. The molecule has 0 saturated carbocycles. The fourth-order valence-electron chi connectivity index (χ4n) is 2.01. The first-order valence-electron chi connectivity index (χ1n) is 6.31. The lowest BCUT2D eigenvalue weighted by Crippen LogP contribution is -2.13. The minimum absolute atomic E-state index is 0.0331. The van der Waals surface area contributed by atoms with Gasteiger partial charge < -0.3 is 5.73 Å². The minimum atomic E-state index is 0.0331. The summed E-state index contributed by atoms with van der Waals surface area (Å²) >= 11 is 4.97. The molecule has 5 heteroatoms. The van der Waals surface area contributed by atoms with E-state index in [1.807, 2.05) is 54.6 Å². The highest BCUT2D eigenvalue weighted by Crippen LogP contribution is 2.32. The van der Waals surface area contributed by atoms with Crippen molar-refractivity contribution < 1.29 is 0 Å². The molecule has 0 bridgehead atoms. The smallest absolute Gasteiger partial charge is 0.125 e. The first-order chi connectivity index (χ1) is 10.1. The zero-order valence-corrected chi connectivity index (χ0v) is 13.4. The second-order valence-corrected chi connectivity index (χ2v) is 6.48. The molecule has 0 aliphatic rings. The number of nitrogens with two attached hydrogens (primary N) is 1. The Morgan fingerprint density at radius 3 is 2.67 bits per heavy atom. The van der Waals surface area contributed by atoms with Gasteiger partial charge in [-0.3, -0.25) is 5.41 Å². The van der Waals surface area contributed by atoms with Crippen molar-refractivity contribution in [2.24, 2.45) is 5.73 Å². The highest BCUT2D eigenvalue weighted by atomic mass is 79.9. The lowest BCUT2D eigenvalue weighted by atomic mass is 10.1. The number of hydrogen-bond acceptors (Lipinski definition) is 3. The van der Waals surface area contributed by atoms with Crippen molar-refractivity contribution >= 4 is 44.4 Å². The Labute approximate surface area is 135 Å². The summed E-state index contributed by atoms with van der Waals surface area (Å²) in [6.45, 7) is 0. The third-order valence-corrected chi connectivity index (χ3v) is 4.48. The number of rotatable bonds is 3. The van der Waals surface area contributed by atoms with Gasteiger partial charge in [-0.1, -0.05) is 52.0 Å². The maximum Gasteiger partial charge on any atom is 0.125 e. The fourth-order valence-corrected chi connectivity index (χ4v) is 3.54. The lowest BCUT2D eigenvalue weighted by molar-refractivity contribution is 1.16. The van der Waals surface area contributed by atoms with E-state index in [9.17, 15) is 0 Å². The Morgan fingerprint density at radius 2 is 1.90 bits per heavy atom. The topological polar surface area (TPSA) is 62.8 Å². The Kier molecular flexibility index (Phi) is 3.94. The van der Waals surface area contributed by atoms with Gasteiger partial charge in [-0.15, -0.1) is 0 Å². The maximum absolute atomic E-state index is 7.77. The normalized spacial score (nSPS) is 10.7. The van der Waals surface area contributed by atoms with Gasteiger partial charge in [0.05, 0.1) is 5.52 Å². The Hall–Kier alpha value is -1.85. The number of halogens is 1. The second kappa shape index (κ2) is 5.87. The van der Waals surface area contributed by atoms with Gasteiger partial charge in [0, 0.05) is 20.3 Å². The van der Waals surface area contributed by atoms with E-state index in [0.29, 0.717) is 5.56 Å². The van der Waals surface area contributed by atoms with E-state index in [1.165, 1.54) is 11.8 Å². The van der Waals surface area contributed by atoms with E-state index >= 15 is 0 Å². The number of hydrogen-bond donors (Lipinski definition) is 2. The van der Waals surface area contributed by atoms with E-state index in [4.69, 9.17) is 11.1 Å². The van der Waals surface area contributed by atoms with Gasteiger partial charge in [0.15, 0.2) is 0 Å². The third kappa shape index (κ3) is 3.09. The number of nitrogens with one attached hydrogen (secondary N) is 1. The summed E-state index contributed by atoms with van der Waals surface area (Å²) in [7, 11) is 0. The quantitative estimate of drug-likeness (QED) is 0.538. The van der Waals surface area contributed by atoms with Crippen molar-refractivity contribution in [3.05, 3.63) is 64.6 Å². The molecular weight excluding hydrogens is 346 g/mol. The van der Waals surface area contributed by atoms with E-state index in [2.05, 4.69) is 20.9 Å². The van der Waals surface area contributed by atoms with Crippen molar-refractivity contribution in [2.75, 3.05) is 0 Å². The van der Waals surface area contributed by atoms with Crippen LogP contribution in [0.4, 0.5) is 0 Å². The van der Waals surface area contributed by atoms with Crippen LogP contribution >= 0.6 is 27.7 Å². The van der Waals surface area contributed by atoms with Crippen LogP contribution in [0.2, 0.25) is 0 Å². The minimum Gasteiger partial charge on any atom is -0.384 e. The van der Waals surface area contributed by atoms with Crippen molar-refractivity contribution in [1.82, 2.24) is 4.98 Å². The molecule has 3 aromatic rings. The third-order valence-electron chi connectivity index (χ3n) is 2.99. The van der Waals surface area contributed by atoms with Crippen LogP contribution in [-0.4, -0.2) is 10.8 Å². The van der Waals surface area contributed by atoms with Gasteiger partial charge in [-0.25, -0.2) is 4.98 Å². The van der Waals surface area contributed by atoms with Crippen molar-refractivity contribution in [3.63, 3.8) is 0 Å². The molecule has 1 aromatic heterocycles. The molecule has 2 aromatic carbocycles. The molecule has 0 atom stereocenters. The van der Waals surface area contributed by atoms with Crippen LogP contribution in [-0.2, 0) is 0 Å². The number of amidine groups is 1. The van der Waals surface area contributed by atoms with Gasteiger partial charge in [0.1, 0.15) is 10.9 Å². The van der Waals surface area contributed by atoms with Gasteiger partial charge in [0.2, 0.25) is 0 Å². The van der Waals surface area contributed by atoms with E-state index in [-0.39, 0.29) is 5.84 Å². The number of benzene rings is 2. The van der Waals surface area contributed by atoms with Crippen LogP contribution in [0.15, 0.2) is 69.0 Å². The number of fused-ring (bicyclic) bond motifs is 1. The summed E-state index contributed by atoms with van der Waals surface area (Å²) in [5, 5.41) is 9.51. The first kappa shape index (κ1) is 14.1. The second-order valence-electron chi connectivity index (χ2n) is 4.51. The van der Waals surface area contributed by atoms with Crippen LogP contribution < -0.4 is 5.73 Å². The number of aromatic nitrogens is 1. The van der Waals surface area contributed by atoms with Crippen LogP contribution in [0.25, 0.3) is 10.9 Å². The zero-order chi connectivity index (χ0) is 14.8. The van der Waals surface area contributed by atoms with Gasteiger partial charge in [-0.05, 0) is 30.3 Å². The molecular formula is C16H12BrN3S. The van der Waals surface area contributed by atoms with E-state index in [0.717, 1.165) is 25.3 Å². The molecule has 0 spiro atoms. The molecule has 104 valence electrons. The number of nitrogen functional groups attached to an aromatic ring is 1. The summed E-state index contributed by atoms with van der Waals surface area (Å²) in [5.41, 5.74) is 7.28. The predicted octanol–water partition coefficient (Wildman–Crippen LogP) is 4.43. The van der Waals surface area contributed by atoms with Crippen LogP contribution in [0.1, 0.15) is 5.56 Å². The molecule has 0 radical (unpaired) electrons. The molecule has 0 saturated heterocycles. The lowest BCUT2D eigenvalue weighted by Gasteiger charge is -2.09. The summed E-state index contributed by atoms with van der Waals surface area (Å²) in [4.78, 5) is 5.70. The highest BCUT2D eigenvalue weighted by Gasteiger charge is 2.11. The molecule has 0 aliphatic heterocycles. The monoisotopic (exact) mass is 357 g/mol. The van der Waals surface area contributed by atoms with Gasteiger partial charge >= 0.3 is 0 Å². The molecule has 1 heterocycles. The van der Waals surface area contributed by atoms with E-state index in [1.54, 1.807) is 0 Å². The SMILES string of the molecule is N=C(N)c1cc2ccccc2nc1Sc1cccc(Br)c1. The molecule has 0 fully saturated rings. The Morgan fingerprint density at radius 1 is 1.10 bits per heavy atom. The van der Waals surface area contributed by atoms with Crippen LogP contribution in [0.3, 0.4) is 0 Å². The summed E-state index contributed by atoms with van der Waals surface area (Å²) in [5.74, 6) is 0.0331. The number of pyridine rings is 1. The molecule has 21 heavy (non-hydrogen) atoms. The highest BCUT2D eigenvalue weighted by molar-refractivity contribution is 9.10. The van der Waals surface area contributed by atoms with Gasteiger partial charge in [-0.2, -0.15) is 0 Å². The first-order valence-corrected chi connectivity index (χ1v) is 7.92. The Balaban J connectivity index is 2.11. The van der Waals surface area contributed by atoms with Gasteiger partial charge in [0.25, 0.3) is 0 Å². The molecule has 0 unspecified atom stereocenters. The zero-order valence-electron chi connectivity index (χ0n) is 11.0. The number of para-hydroxylation sites is 1. The summed E-state index contributed by atoms with van der Waals surface area (Å²) in [6.07, 6.45) is 0. The van der Waals surface area contributed by atoms with Crippen LogP contribution in [0, 0.1) is 5.41 Å². The maximum atomic E-state index is 7.77. The van der Waals surface area contributed by atoms with Crippen molar-refractivity contribution in [2.45, 2.75) is 9.92 Å². The molecule has 0 amide bonds. The summed E-state index contributed by atoms with van der Waals surface area (Å²) < 4.78 is 1.01. The Bertz CT molecular complexity index is 833. The van der Waals surface area contributed by atoms with E-state index < -0.39 is 0 Å². The molecule has 0 aliphatic carbocycles. The molecule has 3 nitrogen and oxygen atoms in total.